The van der Waals surface area contributed by atoms with Crippen LogP contribution >= 0.6 is 12.2 Å². The normalized spacial score (nSPS) is 11.2. The molecule has 1 heterocycles. The van der Waals surface area contributed by atoms with E-state index < -0.39 is 0 Å². The Morgan fingerprint density at radius 1 is 1.10 bits per heavy atom. The second kappa shape index (κ2) is 10.6. The topological polar surface area (TPSA) is 35.5 Å². The molecule has 0 unspecified atom stereocenters. The van der Waals surface area contributed by atoms with Crippen LogP contribution in [0.4, 0.5) is 5.69 Å². The maximum atomic E-state index is 5.88. The zero-order valence-corrected chi connectivity index (χ0v) is 19.5. The Morgan fingerprint density at radius 2 is 1.87 bits per heavy atom. The van der Waals surface area contributed by atoms with Crippen molar-refractivity contribution in [2.75, 3.05) is 31.5 Å². The fourth-order valence-corrected chi connectivity index (χ4v) is 4.26. The van der Waals surface area contributed by atoms with Gasteiger partial charge < -0.3 is 20.1 Å². The summed E-state index contributed by atoms with van der Waals surface area (Å²) in [6.07, 6.45) is 3.24. The molecule has 0 fully saturated rings. The minimum absolute atomic E-state index is 0.793. The molecule has 0 spiro atoms. The molecule has 2 aromatic carbocycles. The predicted octanol–water partition coefficient (Wildman–Crippen LogP) is 4.30. The van der Waals surface area contributed by atoms with Gasteiger partial charge in [0.15, 0.2) is 5.11 Å². The molecule has 0 radical (unpaired) electrons. The number of quaternary nitrogens is 1. The molecule has 0 saturated carbocycles. The lowest BCUT2D eigenvalue weighted by atomic mass is 10.1. The van der Waals surface area contributed by atoms with E-state index in [-0.39, 0.29) is 0 Å². The van der Waals surface area contributed by atoms with Gasteiger partial charge in [-0.15, -0.1) is 0 Å². The van der Waals surface area contributed by atoms with Gasteiger partial charge in [0.1, 0.15) is 0 Å². The molecule has 0 bridgehead atoms. The molecular weight excluding hydrogens is 388 g/mol. The Bertz CT molecular complexity index is 974. The zero-order chi connectivity index (χ0) is 21.5. The largest absolute Gasteiger partial charge is 0.361 e. The highest BCUT2D eigenvalue weighted by molar-refractivity contribution is 7.80. The van der Waals surface area contributed by atoms with E-state index in [9.17, 15) is 0 Å². The van der Waals surface area contributed by atoms with Crippen LogP contribution in [0.1, 0.15) is 37.0 Å². The van der Waals surface area contributed by atoms with Gasteiger partial charge in [-0.05, 0) is 63.2 Å². The fraction of sp³-hybridized carbons (Fsp3) is 0.400. The first-order valence-electron chi connectivity index (χ1n) is 11.0. The predicted molar refractivity (Wildman–Crippen MR) is 132 cm³/mol. The minimum Gasteiger partial charge on any atom is -0.361 e. The van der Waals surface area contributed by atoms with E-state index in [2.05, 4.69) is 91.6 Å². The summed E-state index contributed by atoms with van der Waals surface area (Å²) in [7, 11) is 0. The van der Waals surface area contributed by atoms with Crippen molar-refractivity contribution in [1.82, 2.24) is 9.88 Å². The number of aryl methyl sites for hydroxylation is 2. The van der Waals surface area contributed by atoms with Gasteiger partial charge in [0, 0.05) is 42.3 Å². The van der Waals surface area contributed by atoms with Gasteiger partial charge >= 0.3 is 0 Å². The van der Waals surface area contributed by atoms with Gasteiger partial charge in [-0.2, -0.15) is 0 Å². The summed E-state index contributed by atoms with van der Waals surface area (Å²) in [5.41, 5.74) is 6.03. The number of para-hydroxylation sites is 1. The van der Waals surface area contributed by atoms with E-state index in [1.807, 2.05) is 0 Å². The van der Waals surface area contributed by atoms with Crippen molar-refractivity contribution in [2.45, 2.75) is 40.7 Å². The Hall–Kier alpha value is -2.37. The number of anilines is 1. The smallest absolute Gasteiger partial charge is 0.173 e. The van der Waals surface area contributed by atoms with Crippen molar-refractivity contribution < 1.29 is 4.90 Å². The highest BCUT2D eigenvalue weighted by atomic mass is 32.1. The molecule has 5 heteroatoms. The number of benzene rings is 2. The minimum atomic E-state index is 0.793. The zero-order valence-electron chi connectivity index (χ0n) is 18.7. The molecule has 1 aromatic heterocycles. The van der Waals surface area contributed by atoms with Crippen LogP contribution in [0.25, 0.3) is 10.9 Å². The number of hydrogen-bond acceptors (Lipinski definition) is 1. The Labute approximate surface area is 186 Å². The molecule has 0 aliphatic rings. The standard InChI is InChI=1S/C25H34N4S/c1-5-28(6-2)14-9-15-29(18-21-17-26-24-11-8-7-10-22(21)24)25(30)27-23-13-12-19(3)16-20(23)4/h7-8,10-13,16-17,26H,5-6,9,14-15,18H2,1-4H3,(H,27,30)/p+1. The first-order valence-corrected chi connectivity index (χ1v) is 11.4. The highest BCUT2D eigenvalue weighted by Gasteiger charge is 2.15. The monoisotopic (exact) mass is 423 g/mol. The molecule has 0 saturated heterocycles. The maximum Gasteiger partial charge on any atom is 0.173 e. The van der Waals surface area contributed by atoms with Crippen molar-refractivity contribution in [3.8, 4) is 0 Å². The van der Waals surface area contributed by atoms with Crippen molar-refractivity contribution in [3.05, 3.63) is 65.4 Å². The van der Waals surface area contributed by atoms with Gasteiger partial charge in [0.05, 0.1) is 19.6 Å². The van der Waals surface area contributed by atoms with Crippen LogP contribution in [0.3, 0.4) is 0 Å². The number of thiocarbonyl (C=S) groups is 1. The number of nitrogens with one attached hydrogen (secondary N) is 3. The first-order chi connectivity index (χ1) is 14.5. The van der Waals surface area contributed by atoms with E-state index >= 15 is 0 Å². The van der Waals surface area contributed by atoms with Crippen molar-refractivity contribution in [3.63, 3.8) is 0 Å². The van der Waals surface area contributed by atoms with Crippen LogP contribution in [-0.2, 0) is 6.54 Å². The molecule has 0 atom stereocenters. The van der Waals surface area contributed by atoms with Gasteiger partial charge in [-0.3, -0.25) is 0 Å². The third kappa shape index (κ3) is 5.61. The quantitative estimate of drug-likeness (QED) is 0.449. The van der Waals surface area contributed by atoms with E-state index in [1.54, 1.807) is 4.90 Å². The maximum absolute atomic E-state index is 5.88. The average molecular weight is 424 g/mol. The summed E-state index contributed by atoms with van der Waals surface area (Å²) in [6, 6.07) is 14.9. The molecular formula is C25H35N4S+. The number of aromatic amines is 1. The Kier molecular flexibility index (Phi) is 7.88. The molecule has 4 nitrogen and oxygen atoms in total. The third-order valence-corrected chi connectivity index (χ3v) is 6.27. The number of rotatable bonds is 9. The van der Waals surface area contributed by atoms with Crippen LogP contribution in [0, 0.1) is 13.8 Å². The Morgan fingerprint density at radius 3 is 2.60 bits per heavy atom. The van der Waals surface area contributed by atoms with Crippen LogP contribution in [-0.4, -0.2) is 41.2 Å². The first kappa shape index (κ1) is 22.3. The van der Waals surface area contributed by atoms with Crippen molar-refractivity contribution in [2.24, 2.45) is 0 Å². The van der Waals surface area contributed by atoms with Crippen LogP contribution in [0.2, 0.25) is 0 Å². The number of fused-ring (bicyclic) bond motifs is 1. The fourth-order valence-electron chi connectivity index (χ4n) is 3.99. The van der Waals surface area contributed by atoms with Crippen LogP contribution < -0.4 is 10.2 Å². The lowest BCUT2D eigenvalue weighted by molar-refractivity contribution is -0.896. The van der Waals surface area contributed by atoms with Crippen LogP contribution in [0.15, 0.2) is 48.7 Å². The third-order valence-electron chi connectivity index (χ3n) is 5.91. The summed E-state index contributed by atoms with van der Waals surface area (Å²) in [5.74, 6) is 0. The molecule has 0 aliphatic heterocycles. The summed E-state index contributed by atoms with van der Waals surface area (Å²) >= 11 is 5.88. The second-order valence-electron chi connectivity index (χ2n) is 8.09. The van der Waals surface area contributed by atoms with Crippen molar-refractivity contribution in [1.29, 1.82) is 0 Å². The lowest BCUT2D eigenvalue weighted by Gasteiger charge is -2.27. The number of hydrogen-bond donors (Lipinski definition) is 3. The molecule has 0 aliphatic carbocycles. The summed E-state index contributed by atoms with van der Waals surface area (Å²) in [5, 5.41) is 5.57. The van der Waals surface area contributed by atoms with Gasteiger partial charge in [-0.25, -0.2) is 0 Å². The second-order valence-corrected chi connectivity index (χ2v) is 8.48. The van der Waals surface area contributed by atoms with Gasteiger partial charge in [0.2, 0.25) is 0 Å². The summed E-state index contributed by atoms with van der Waals surface area (Å²) in [4.78, 5) is 7.34. The highest BCUT2D eigenvalue weighted by Crippen LogP contribution is 2.21. The van der Waals surface area contributed by atoms with E-state index in [4.69, 9.17) is 12.2 Å². The van der Waals surface area contributed by atoms with Gasteiger partial charge in [0.25, 0.3) is 0 Å². The van der Waals surface area contributed by atoms with E-state index in [0.717, 1.165) is 30.3 Å². The lowest BCUT2D eigenvalue weighted by Crippen LogP contribution is -3.11. The Balaban J connectivity index is 1.76. The molecule has 160 valence electrons. The summed E-state index contributed by atoms with van der Waals surface area (Å²) < 4.78 is 0. The van der Waals surface area contributed by atoms with Gasteiger partial charge in [-0.1, -0.05) is 35.9 Å². The molecule has 30 heavy (non-hydrogen) atoms. The number of H-pyrrole nitrogens is 1. The van der Waals surface area contributed by atoms with Crippen LogP contribution in [0.5, 0.6) is 0 Å². The van der Waals surface area contributed by atoms with E-state index in [1.165, 1.54) is 47.2 Å². The molecule has 3 rings (SSSR count). The summed E-state index contributed by atoms with van der Waals surface area (Å²) in [6.45, 7) is 14.0. The average Bonchev–Trinajstić information content (AvgIpc) is 3.15. The van der Waals surface area contributed by atoms with Crippen molar-refractivity contribution >= 4 is 33.9 Å². The number of aromatic nitrogens is 1. The molecule has 3 N–H and O–H groups in total. The number of nitrogens with zero attached hydrogens (tertiary/aromatic N) is 1. The SMILES string of the molecule is CC[NH+](CC)CCCN(Cc1c[nH]c2ccccc12)C(=S)Nc1ccc(C)cc1C. The van der Waals surface area contributed by atoms with E-state index in [0.29, 0.717) is 0 Å². The molecule has 3 aromatic rings. The molecule has 0 amide bonds.